The van der Waals surface area contributed by atoms with Crippen LogP contribution in [-0.2, 0) is 0 Å². The van der Waals surface area contributed by atoms with E-state index in [9.17, 15) is 4.79 Å². The maximum Gasteiger partial charge on any atom is 0.159 e. The summed E-state index contributed by atoms with van der Waals surface area (Å²) in [4.78, 5) is 20.0. The Hall–Kier alpha value is -3.15. The molecule has 23 heavy (non-hydrogen) atoms. The minimum absolute atomic E-state index is 0.00942. The van der Waals surface area contributed by atoms with E-state index in [-0.39, 0.29) is 5.78 Å². The van der Waals surface area contributed by atoms with Crippen molar-refractivity contribution in [3.8, 4) is 5.75 Å². The number of nitrogens with two attached hydrogens (primary N) is 1. The first-order valence-corrected chi connectivity index (χ1v) is 7.04. The number of ketones is 1. The minimum Gasteiger partial charge on any atom is -0.495 e. The largest absolute Gasteiger partial charge is 0.495 e. The first-order chi connectivity index (χ1) is 11.1. The highest BCUT2D eigenvalue weighted by molar-refractivity contribution is 5.97. The highest BCUT2D eigenvalue weighted by atomic mass is 16.5. The number of carbonyl (C=O) groups is 1. The molecule has 0 amide bonds. The topological polar surface area (TPSA) is 90.1 Å². The van der Waals surface area contributed by atoms with E-state index in [1.807, 2.05) is 12.1 Å². The van der Waals surface area contributed by atoms with E-state index < -0.39 is 0 Å². The van der Waals surface area contributed by atoms with Gasteiger partial charge in [-0.05, 0) is 25.1 Å². The number of hydrogen-bond acceptors (Lipinski definition) is 6. The summed E-state index contributed by atoms with van der Waals surface area (Å²) in [6.07, 6.45) is 1.47. The third-order valence-electron chi connectivity index (χ3n) is 3.52. The lowest BCUT2D eigenvalue weighted by Crippen LogP contribution is -2.00. The predicted octanol–water partition coefficient (Wildman–Crippen LogP) is 3.17. The Morgan fingerprint density at radius 1 is 1.22 bits per heavy atom. The summed E-state index contributed by atoms with van der Waals surface area (Å²) in [6, 6.07) is 10.8. The number of nitrogens with one attached hydrogen (secondary N) is 1. The quantitative estimate of drug-likeness (QED) is 0.568. The Bertz CT molecular complexity index is 893. The lowest BCUT2D eigenvalue weighted by atomic mass is 10.1. The average Bonchev–Trinajstić information content (AvgIpc) is 2.55. The van der Waals surface area contributed by atoms with Crippen LogP contribution in [0.2, 0.25) is 0 Å². The van der Waals surface area contributed by atoms with Crippen LogP contribution in [0.3, 0.4) is 0 Å². The van der Waals surface area contributed by atoms with E-state index in [0.29, 0.717) is 22.8 Å². The van der Waals surface area contributed by atoms with Crippen LogP contribution in [0.1, 0.15) is 17.3 Å². The second kappa shape index (κ2) is 5.92. The summed E-state index contributed by atoms with van der Waals surface area (Å²) in [5.74, 6) is 1.20. The number of nitrogen functional groups attached to an aromatic ring is 1. The van der Waals surface area contributed by atoms with Gasteiger partial charge in [0.1, 0.15) is 17.9 Å². The zero-order valence-electron chi connectivity index (χ0n) is 12.8. The third-order valence-corrected chi connectivity index (χ3v) is 3.52. The lowest BCUT2D eigenvalue weighted by molar-refractivity contribution is 0.101. The Kier molecular flexibility index (Phi) is 3.80. The summed E-state index contributed by atoms with van der Waals surface area (Å²) in [6.45, 7) is 1.53. The van der Waals surface area contributed by atoms with Gasteiger partial charge in [-0.15, -0.1) is 0 Å². The molecular weight excluding hydrogens is 292 g/mol. The molecule has 0 bridgehead atoms. The molecule has 2 aromatic carbocycles. The molecule has 1 heterocycles. The maximum atomic E-state index is 11.5. The first kappa shape index (κ1) is 14.8. The van der Waals surface area contributed by atoms with Crippen molar-refractivity contribution in [1.82, 2.24) is 9.97 Å². The van der Waals surface area contributed by atoms with Crippen molar-refractivity contribution in [2.24, 2.45) is 0 Å². The number of aromatic nitrogens is 2. The molecule has 0 aliphatic heterocycles. The molecule has 0 fully saturated rings. The summed E-state index contributed by atoms with van der Waals surface area (Å²) in [5, 5.41) is 3.98. The van der Waals surface area contributed by atoms with Crippen molar-refractivity contribution in [2.75, 3.05) is 18.2 Å². The number of carbonyl (C=O) groups excluding carboxylic acids is 1. The van der Waals surface area contributed by atoms with E-state index in [0.717, 1.165) is 16.6 Å². The van der Waals surface area contributed by atoms with Crippen LogP contribution in [0.25, 0.3) is 10.9 Å². The molecule has 0 spiro atoms. The fraction of sp³-hybridized carbons (Fsp3) is 0.118. The van der Waals surface area contributed by atoms with Crippen LogP contribution < -0.4 is 15.8 Å². The number of ether oxygens (including phenoxy) is 1. The Morgan fingerprint density at radius 2 is 2.04 bits per heavy atom. The highest BCUT2D eigenvalue weighted by Crippen LogP contribution is 2.31. The number of anilines is 3. The maximum absolute atomic E-state index is 11.5. The normalized spacial score (nSPS) is 10.5. The molecule has 0 atom stereocenters. The molecule has 0 saturated carbocycles. The second-order valence-electron chi connectivity index (χ2n) is 5.10. The molecule has 0 radical (unpaired) electrons. The van der Waals surface area contributed by atoms with Gasteiger partial charge in [0.05, 0.1) is 18.3 Å². The zero-order chi connectivity index (χ0) is 16.4. The molecular formula is C17H16N4O2. The van der Waals surface area contributed by atoms with Gasteiger partial charge in [-0.1, -0.05) is 12.1 Å². The van der Waals surface area contributed by atoms with Gasteiger partial charge in [0.15, 0.2) is 5.78 Å². The van der Waals surface area contributed by atoms with Crippen molar-refractivity contribution in [3.63, 3.8) is 0 Å². The Labute approximate surface area is 133 Å². The second-order valence-corrected chi connectivity index (χ2v) is 5.10. The fourth-order valence-electron chi connectivity index (χ4n) is 2.33. The number of fused-ring (bicyclic) bond motifs is 1. The summed E-state index contributed by atoms with van der Waals surface area (Å²) < 4.78 is 5.21. The molecule has 6 heteroatoms. The van der Waals surface area contributed by atoms with Crippen LogP contribution in [0, 0.1) is 0 Å². The van der Waals surface area contributed by atoms with Crippen LogP contribution in [0.4, 0.5) is 17.2 Å². The van der Waals surface area contributed by atoms with E-state index in [4.69, 9.17) is 10.5 Å². The first-order valence-electron chi connectivity index (χ1n) is 7.04. The molecule has 3 rings (SSSR count). The zero-order valence-corrected chi connectivity index (χ0v) is 12.8. The van der Waals surface area contributed by atoms with E-state index >= 15 is 0 Å². The summed E-state index contributed by atoms with van der Waals surface area (Å²) in [7, 11) is 1.56. The molecule has 0 saturated heterocycles. The summed E-state index contributed by atoms with van der Waals surface area (Å²) >= 11 is 0. The van der Waals surface area contributed by atoms with Gasteiger partial charge in [-0.25, -0.2) is 9.97 Å². The minimum atomic E-state index is 0.00942. The highest BCUT2D eigenvalue weighted by Gasteiger charge is 2.09. The fourth-order valence-corrected chi connectivity index (χ4v) is 2.33. The number of methoxy groups -OCH3 is 1. The van der Waals surface area contributed by atoms with Crippen molar-refractivity contribution < 1.29 is 9.53 Å². The standard InChI is InChI=1S/C17H16N4O2/c1-10(22)11-4-3-5-12(6-11)21-17-13-7-14(18)16(23-2)8-15(13)19-9-20-17/h3-9H,18H2,1-2H3,(H,19,20,21). The SMILES string of the molecule is COc1cc2ncnc(Nc3cccc(C(C)=O)c3)c2cc1N. The van der Waals surface area contributed by atoms with Gasteiger partial charge in [-0.3, -0.25) is 4.79 Å². The van der Waals surface area contributed by atoms with Gasteiger partial charge in [0, 0.05) is 22.7 Å². The Balaban J connectivity index is 2.05. The van der Waals surface area contributed by atoms with Crippen molar-refractivity contribution in [1.29, 1.82) is 0 Å². The smallest absolute Gasteiger partial charge is 0.159 e. The molecule has 3 aromatic rings. The van der Waals surface area contributed by atoms with E-state index in [1.54, 1.807) is 31.4 Å². The van der Waals surface area contributed by atoms with Crippen molar-refractivity contribution in [2.45, 2.75) is 6.92 Å². The van der Waals surface area contributed by atoms with Gasteiger partial charge in [-0.2, -0.15) is 0 Å². The average molecular weight is 308 g/mol. The lowest BCUT2D eigenvalue weighted by Gasteiger charge is -2.11. The molecule has 0 unspecified atom stereocenters. The van der Waals surface area contributed by atoms with E-state index in [2.05, 4.69) is 15.3 Å². The summed E-state index contributed by atoms with van der Waals surface area (Å²) in [5.41, 5.74) is 8.60. The number of nitrogens with zero attached hydrogens (tertiary/aromatic N) is 2. The third kappa shape index (κ3) is 2.91. The molecule has 0 aliphatic rings. The van der Waals surface area contributed by atoms with Gasteiger partial charge >= 0.3 is 0 Å². The van der Waals surface area contributed by atoms with Crippen molar-refractivity contribution >= 4 is 33.9 Å². The molecule has 3 N–H and O–H groups in total. The van der Waals surface area contributed by atoms with Crippen LogP contribution in [0.15, 0.2) is 42.7 Å². The monoisotopic (exact) mass is 308 g/mol. The number of hydrogen-bond donors (Lipinski definition) is 2. The number of Topliss-reactive ketones (excluding diaryl/α,β-unsaturated/α-hetero) is 1. The number of benzene rings is 2. The van der Waals surface area contributed by atoms with Crippen LogP contribution in [0.5, 0.6) is 5.75 Å². The van der Waals surface area contributed by atoms with Crippen LogP contribution in [-0.4, -0.2) is 22.9 Å². The van der Waals surface area contributed by atoms with Gasteiger partial charge in [0.2, 0.25) is 0 Å². The Morgan fingerprint density at radius 3 is 2.78 bits per heavy atom. The molecule has 0 aliphatic carbocycles. The molecule has 6 nitrogen and oxygen atoms in total. The van der Waals surface area contributed by atoms with Gasteiger partial charge in [0.25, 0.3) is 0 Å². The predicted molar refractivity (Wildman–Crippen MR) is 90.2 cm³/mol. The molecule has 116 valence electrons. The van der Waals surface area contributed by atoms with Gasteiger partial charge < -0.3 is 15.8 Å². The number of rotatable bonds is 4. The van der Waals surface area contributed by atoms with E-state index in [1.165, 1.54) is 13.3 Å². The van der Waals surface area contributed by atoms with Crippen LogP contribution >= 0.6 is 0 Å². The molecule has 1 aromatic heterocycles. The van der Waals surface area contributed by atoms with Crippen molar-refractivity contribution in [3.05, 3.63) is 48.3 Å².